The number of furan rings is 1. The number of hydrogen-bond acceptors (Lipinski definition) is 4. The van der Waals surface area contributed by atoms with Gasteiger partial charge in [-0.1, -0.05) is 0 Å². The molecule has 2 aromatic heterocycles. The fourth-order valence-corrected chi connectivity index (χ4v) is 2.58. The lowest BCUT2D eigenvalue weighted by molar-refractivity contribution is -0.121. The van der Waals surface area contributed by atoms with E-state index in [-0.39, 0.29) is 17.7 Å². The van der Waals surface area contributed by atoms with Crippen LogP contribution in [0.4, 0.5) is 5.69 Å². The first-order valence-electron chi connectivity index (χ1n) is 7.28. The molecule has 0 spiro atoms. The van der Waals surface area contributed by atoms with Crippen LogP contribution < -0.4 is 5.32 Å². The number of amides is 2. The fourth-order valence-electron chi connectivity index (χ4n) is 2.58. The maximum absolute atomic E-state index is 12.2. The largest absolute Gasteiger partial charge is 0.459 e. The van der Waals surface area contributed by atoms with Crippen LogP contribution in [-0.4, -0.2) is 34.8 Å². The molecule has 6 nitrogen and oxygen atoms in total. The minimum Gasteiger partial charge on any atom is -0.459 e. The van der Waals surface area contributed by atoms with Gasteiger partial charge in [0.05, 0.1) is 6.26 Å². The lowest BCUT2D eigenvalue weighted by Gasteiger charge is -2.30. The molecule has 1 fully saturated rings. The molecule has 0 aliphatic carbocycles. The first-order chi connectivity index (χ1) is 10.7. The Kier molecular flexibility index (Phi) is 4.18. The number of piperidine rings is 1. The van der Waals surface area contributed by atoms with Crippen molar-refractivity contribution < 1.29 is 14.0 Å². The van der Waals surface area contributed by atoms with Crippen molar-refractivity contribution in [2.75, 3.05) is 18.4 Å². The molecular formula is C16H17N3O3. The summed E-state index contributed by atoms with van der Waals surface area (Å²) >= 11 is 0. The Morgan fingerprint density at radius 3 is 2.55 bits per heavy atom. The number of carbonyl (C=O) groups excluding carboxylic acids is 2. The van der Waals surface area contributed by atoms with Crippen molar-refractivity contribution in [1.29, 1.82) is 0 Å². The van der Waals surface area contributed by atoms with Gasteiger partial charge in [-0.2, -0.15) is 0 Å². The number of likely N-dealkylation sites (tertiary alicyclic amines) is 1. The molecule has 3 rings (SSSR count). The molecule has 0 saturated carbocycles. The Morgan fingerprint density at radius 2 is 1.91 bits per heavy atom. The molecule has 1 N–H and O–H groups in total. The molecule has 1 saturated heterocycles. The molecule has 3 heterocycles. The lowest BCUT2D eigenvalue weighted by Crippen LogP contribution is -2.41. The van der Waals surface area contributed by atoms with Gasteiger partial charge in [0.1, 0.15) is 0 Å². The Balaban J connectivity index is 1.53. The van der Waals surface area contributed by atoms with E-state index in [1.807, 2.05) is 0 Å². The number of rotatable bonds is 3. The zero-order chi connectivity index (χ0) is 15.4. The highest BCUT2D eigenvalue weighted by Crippen LogP contribution is 2.21. The number of carbonyl (C=O) groups is 2. The standard InChI is InChI=1S/C16H17N3O3/c20-15(18-13-3-7-17-8-4-13)12-5-9-19(10-6-12)16(21)14-2-1-11-22-14/h1-4,7-8,11-12H,5-6,9-10H2,(H,17,18,20). The molecule has 22 heavy (non-hydrogen) atoms. The molecule has 2 amide bonds. The van der Waals surface area contributed by atoms with Gasteiger partial charge in [-0.05, 0) is 37.1 Å². The lowest BCUT2D eigenvalue weighted by atomic mass is 9.95. The summed E-state index contributed by atoms with van der Waals surface area (Å²) < 4.78 is 5.13. The van der Waals surface area contributed by atoms with Crippen molar-refractivity contribution in [1.82, 2.24) is 9.88 Å². The molecule has 0 unspecified atom stereocenters. The zero-order valence-electron chi connectivity index (χ0n) is 12.1. The number of anilines is 1. The topological polar surface area (TPSA) is 75.4 Å². The SMILES string of the molecule is O=C(Nc1ccncc1)C1CCN(C(=O)c2ccco2)CC1. The van der Waals surface area contributed by atoms with Crippen molar-refractivity contribution in [2.45, 2.75) is 12.8 Å². The van der Waals surface area contributed by atoms with E-state index in [1.54, 1.807) is 41.6 Å². The number of hydrogen-bond donors (Lipinski definition) is 1. The first kappa shape index (κ1) is 14.3. The van der Waals surface area contributed by atoms with Crippen molar-refractivity contribution >= 4 is 17.5 Å². The summed E-state index contributed by atoms with van der Waals surface area (Å²) in [5.41, 5.74) is 0.745. The number of nitrogens with zero attached hydrogens (tertiary/aromatic N) is 2. The van der Waals surface area contributed by atoms with E-state index >= 15 is 0 Å². The van der Waals surface area contributed by atoms with Crippen LogP contribution in [-0.2, 0) is 4.79 Å². The van der Waals surface area contributed by atoms with Crippen molar-refractivity contribution in [2.24, 2.45) is 5.92 Å². The average molecular weight is 299 g/mol. The Labute approximate surface area is 128 Å². The van der Waals surface area contributed by atoms with Crippen LogP contribution in [0.3, 0.4) is 0 Å². The van der Waals surface area contributed by atoms with Gasteiger partial charge >= 0.3 is 0 Å². The summed E-state index contributed by atoms with van der Waals surface area (Å²) in [4.78, 5) is 30.0. The van der Waals surface area contributed by atoms with Gasteiger partial charge in [-0.25, -0.2) is 0 Å². The van der Waals surface area contributed by atoms with Gasteiger partial charge in [-0.3, -0.25) is 14.6 Å². The summed E-state index contributed by atoms with van der Waals surface area (Å²) in [6.45, 7) is 1.13. The van der Waals surface area contributed by atoms with Crippen LogP contribution in [0.1, 0.15) is 23.4 Å². The summed E-state index contributed by atoms with van der Waals surface area (Å²) in [5, 5.41) is 2.88. The Bertz CT molecular complexity index is 632. The molecule has 0 bridgehead atoms. The molecular weight excluding hydrogens is 282 g/mol. The quantitative estimate of drug-likeness (QED) is 0.942. The normalized spacial score (nSPS) is 15.5. The predicted octanol–water partition coefficient (Wildman–Crippen LogP) is 2.17. The van der Waals surface area contributed by atoms with Crippen molar-refractivity contribution in [3.63, 3.8) is 0 Å². The van der Waals surface area contributed by atoms with Crippen LogP contribution in [0.5, 0.6) is 0 Å². The van der Waals surface area contributed by atoms with E-state index in [0.717, 1.165) is 5.69 Å². The van der Waals surface area contributed by atoms with Gasteiger partial charge in [0, 0.05) is 37.1 Å². The third-order valence-electron chi connectivity index (χ3n) is 3.83. The van der Waals surface area contributed by atoms with Gasteiger partial charge in [0.15, 0.2) is 5.76 Å². The molecule has 0 aromatic carbocycles. The second-order valence-corrected chi connectivity index (χ2v) is 5.27. The number of aromatic nitrogens is 1. The second kappa shape index (κ2) is 6.43. The smallest absolute Gasteiger partial charge is 0.289 e. The third-order valence-corrected chi connectivity index (χ3v) is 3.83. The van der Waals surface area contributed by atoms with Crippen molar-refractivity contribution in [3.8, 4) is 0 Å². The molecule has 2 aromatic rings. The third kappa shape index (κ3) is 3.16. The van der Waals surface area contributed by atoms with Crippen molar-refractivity contribution in [3.05, 3.63) is 48.7 Å². The predicted molar refractivity (Wildman–Crippen MR) is 80.2 cm³/mol. The van der Waals surface area contributed by atoms with Gasteiger partial charge in [0.2, 0.25) is 5.91 Å². The van der Waals surface area contributed by atoms with E-state index in [2.05, 4.69) is 10.3 Å². The Morgan fingerprint density at radius 1 is 1.18 bits per heavy atom. The molecule has 6 heteroatoms. The van der Waals surface area contributed by atoms with Crippen LogP contribution >= 0.6 is 0 Å². The van der Waals surface area contributed by atoms with Crippen LogP contribution in [0.15, 0.2) is 47.3 Å². The summed E-state index contributed by atoms with van der Waals surface area (Å²) in [5.74, 6) is 0.155. The van der Waals surface area contributed by atoms with E-state index in [1.165, 1.54) is 6.26 Å². The molecule has 114 valence electrons. The van der Waals surface area contributed by atoms with Crippen LogP contribution in [0.25, 0.3) is 0 Å². The average Bonchev–Trinajstić information content (AvgIpc) is 3.10. The van der Waals surface area contributed by atoms with Gasteiger partial charge in [0.25, 0.3) is 5.91 Å². The van der Waals surface area contributed by atoms with Gasteiger partial charge in [-0.15, -0.1) is 0 Å². The fraction of sp³-hybridized carbons (Fsp3) is 0.312. The molecule has 0 atom stereocenters. The highest BCUT2D eigenvalue weighted by atomic mass is 16.3. The van der Waals surface area contributed by atoms with E-state index in [0.29, 0.717) is 31.7 Å². The molecule has 0 radical (unpaired) electrons. The minimum atomic E-state index is -0.113. The highest BCUT2D eigenvalue weighted by molar-refractivity contribution is 5.93. The number of nitrogens with one attached hydrogen (secondary N) is 1. The molecule has 1 aliphatic heterocycles. The summed E-state index contributed by atoms with van der Waals surface area (Å²) in [6.07, 6.45) is 6.08. The summed E-state index contributed by atoms with van der Waals surface area (Å²) in [7, 11) is 0. The summed E-state index contributed by atoms with van der Waals surface area (Å²) in [6, 6.07) is 6.87. The number of pyridine rings is 1. The minimum absolute atomic E-state index is 0.00343. The van der Waals surface area contributed by atoms with E-state index < -0.39 is 0 Å². The maximum Gasteiger partial charge on any atom is 0.289 e. The van der Waals surface area contributed by atoms with Crippen LogP contribution in [0.2, 0.25) is 0 Å². The van der Waals surface area contributed by atoms with Crippen LogP contribution in [0, 0.1) is 5.92 Å². The van der Waals surface area contributed by atoms with E-state index in [4.69, 9.17) is 4.42 Å². The van der Waals surface area contributed by atoms with E-state index in [9.17, 15) is 9.59 Å². The highest BCUT2D eigenvalue weighted by Gasteiger charge is 2.28. The first-order valence-corrected chi connectivity index (χ1v) is 7.28. The zero-order valence-corrected chi connectivity index (χ0v) is 12.1. The second-order valence-electron chi connectivity index (χ2n) is 5.27. The Hall–Kier alpha value is -2.63. The monoisotopic (exact) mass is 299 g/mol. The molecule has 1 aliphatic rings. The van der Waals surface area contributed by atoms with Gasteiger partial charge < -0.3 is 14.6 Å². The maximum atomic E-state index is 12.2.